The van der Waals surface area contributed by atoms with Crippen LogP contribution in [0, 0.1) is 23.7 Å². The molecule has 6 heteroatoms. The number of hydrogen-bond donors (Lipinski definition) is 1. The van der Waals surface area contributed by atoms with E-state index in [0.29, 0.717) is 11.4 Å². The van der Waals surface area contributed by atoms with E-state index >= 15 is 0 Å². The number of carbonyl (C=O) groups is 2. The van der Waals surface area contributed by atoms with Crippen molar-refractivity contribution in [2.45, 2.75) is 0 Å². The number of carbonyl (C=O) groups excluding carboxylic acids is 2. The summed E-state index contributed by atoms with van der Waals surface area (Å²) in [6, 6.07) is 5.15. The van der Waals surface area contributed by atoms with Gasteiger partial charge in [-0.1, -0.05) is 24.5 Å². The van der Waals surface area contributed by atoms with Gasteiger partial charge in [-0.3, -0.25) is 0 Å². The fraction of sp³-hybridized carbons (Fsp3) is 0.188. The standard InChI is InChI=1S/C16H14N2O4/c1-3-15(19)21-11-5-9-13-7-4-8-14(18-13)10-6-12-22-16(20)17-2/h3-4,7-8H,1,11-12H2,2H3,(H,17,20). The van der Waals surface area contributed by atoms with Crippen molar-refractivity contribution in [1.82, 2.24) is 10.3 Å². The third-order valence-corrected chi connectivity index (χ3v) is 2.11. The number of amides is 1. The van der Waals surface area contributed by atoms with Gasteiger partial charge in [-0.2, -0.15) is 0 Å². The highest BCUT2D eigenvalue weighted by Crippen LogP contribution is 1.96. The number of aromatic nitrogens is 1. The molecule has 0 aromatic carbocycles. The van der Waals surface area contributed by atoms with E-state index in [9.17, 15) is 9.59 Å². The van der Waals surface area contributed by atoms with E-state index in [1.165, 1.54) is 7.05 Å². The molecule has 0 spiro atoms. The summed E-state index contributed by atoms with van der Waals surface area (Å²) in [6.45, 7) is 3.20. The second-order valence-electron chi connectivity index (χ2n) is 3.65. The Hall–Kier alpha value is -3.25. The average molecular weight is 298 g/mol. The molecule has 1 amide bonds. The van der Waals surface area contributed by atoms with E-state index in [2.05, 4.69) is 40.6 Å². The predicted octanol–water partition coefficient (Wildman–Crippen LogP) is 0.870. The van der Waals surface area contributed by atoms with Crippen LogP contribution in [0.2, 0.25) is 0 Å². The lowest BCUT2D eigenvalue weighted by atomic mass is 10.3. The van der Waals surface area contributed by atoms with Crippen LogP contribution in [0.3, 0.4) is 0 Å². The monoisotopic (exact) mass is 298 g/mol. The molecule has 0 bridgehead atoms. The molecule has 0 aliphatic heterocycles. The van der Waals surface area contributed by atoms with E-state index in [1.807, 2.05) is 0 Å². The van der Waals surface area contributed by atoms with Gasteiger partial charge in [-0.15, -0.1) is 0 Å². The van der Waals surface area contributed by atoms with Crippen molar-refractivity contribution in [2.75, 3.05) is 20.3 Å². The van der Waals surface area contributed by atoms with Crippen LogP contribution in [0.25, 0.3) is 0 Å². The molecular weight excluding hydrogens is 284 g/mol. The summed E-state index contributed by atoms with van der Waals surface area (Å²) in [6.07, 6.45) is 0.521. The van der Waals surface area contributed by atoms with Gasteiger partial charge in [0.2, 0.25) is 0 Å². The molecule has 1 rings (SSSR count). The molecule has 22 heavy (non-hydrogen) atoms. The van der Waals surface area contributed by atoms with Crippen LogP contribution in [0.15, 0.2) is 30.9 Å². The normalized spacial score (nSPS) is 8.41. The summed E-state index contributed by atoms with van der Waals surface area (Å²) < 4.78 is 9.43. The minimum Gasteiger partial charge on any atom is -0.449 e. The van der Waals surface area contributed by atoms with Crippen LogP contribution in [0.1, 0.15) is 11.4 Å². The number of nitrogens with zero attached hydrogens (tertiary/aromatic N) is 1. The number of rotatable bonds is 3. The van der Waals surface area contributed by atoms with Crippen molar-refractivity contribution in [3.05, 3.63) is 42.2 Å². The highest BCUT2D eigenvalue weighted by Gasteiger charge is 1.94. The van der Waals surface area contributed by atoms with Crippen LogP contribution in [0.5, 0.6) is 0 Å². The van der Waals surface area contributed by atoms with Gasteiger partial charge >= 0.3 is 12.1 Å². The van der Waals surface area contributed by atoms with Crippen molar-refractivity contribution in [2.24, 2.45) is 0 Å². The molecule has 1 aromatic heterocycles. The minimum atomic E-state index is -0.545. The third kappa shape index (κ3) is 6.78. The summed E-state index contributed by atoms with van der Waals surface area (Å²) in [5.74, 6) is 10.3. The van der Waals surface area contributed by atoms with Crippen molar-refractivity contribution in [1.29, 1.82) is 0 Å². The zero-order chi connectivity index (χ0) is 16.2. The fourth-order valence-electron chi connectivity index (χ4n) is 1.17. The Balaban J connectivity index is 2.57. The molecular formula is C16H14N2O4. The Morgan fingerprint density at radius 3 is 2.36 bits per heavy atom. The molecule has 112 valence electrons. The zero-order valence-corrected chi connectivity index (χ0v) is 12.0. The van der Waals surface area contributed by atoms with Gasteiger partial charge in [0.15, 0.2) is 13.2 Å². The summed E-state index contributed by atoms with van der Waals surface area (Å²) >= 11 is 0. The molecule has 0 unspecified atom stereocenters. The Labute approximate surface area is 128 Å². The van der Waals surface area contributed by atoms with Crippen molar-refractivity contribution < 1.29 is 19.1 Å². The van der Waals surface area contributed by atoms with Crippen molar-refractivity contribution in [3.8, 4) is 23.7 Å². The predicted molar refractivity (Wildman–Crippen MR) is 79.6 cm³/mol. The highest BCUT2D eigenvalue weighted by molar-refractivity contribution is 5.81. The maximum atomic E-state index is 10.8. The van der Waals surface area contributed by atoms with E-state index in [0.717, 1.165) is 6.08 Å². The van der Waals surface area contributed by atoms with Gasteiger partial charge in [0.05, 0.1) is 0 Å². The largest absolute Gasteiger partial charge is 0.449 e. The lowest BCUT2D eigenvalue weighted by Crippen LogP contribution is -2.19. The Kier molecular flexibility index (Phi) is 7.35. The Morgan fingerprint density at radius 1 is 1.23 bits per heavy atom. The highest BCUT2D eigenvalue weighted by atomic mass is 16.5. The van der Waals surface area contributed by atoms with Gasteiger partial charge in [-0.25, -0.2) is 14.6 Å². The number of ether oxygens (including phenoxy) is 2. The van der Waals surface area contributed by atoms with Gasteiger partial charge < -0.3 is 14.8 Å². The first-order valence-corrected chi connectivity index (χ1v) is 6.24. The molecule has 1 N–H and O–H groups in total. The van der Waals surface area contributed by atoms with Crippen molar-refractivity contribution in [3.63, 3.8) is 0 Å². The first-order valence-electron chi connectivity index (χ1n) is 6.24. The van der Waals surface area contributed by atoms with Crippen LogP contribution in [-0.2, 0) is 14.3 Å². The van der Waals surface area contributed by atoms with E-state index in [4.69, 9.17) is 9.47 Å². The maximum Gasteiger partial charge on any atom is 0.407 e. The Morgan fingerprint density at radius 2 is 1.82 bits per heavy atom. The number of nitrogens with one attached hydrogen (secondary N) is 1. The lowest BCUT2D eigenvalue weighted by molar-refractivity contribution is -0.136. The first kappa shape index (κ1) is 16.8. The second-order valence-corrected chi connectivity index (χ2v) is 3.65. The summed E-state index contributed by atoms with van der Waals surface area (Å²) in [5.41, 5.74) is 0.990. The molecule has 0 atom stereocenters. The first-order chi connectivity index (χ1) is 10.7. The maximum absolute atomic E-state index is 10.8. The topological polar surface area (TPSA) is 77.5 Å². The fourth-order valence-corrected chi connectivity index (χ4v) is 1.17. The molecule has 0 saturated carbocycles. The van der Waals surface area contributed by atoms with Crippen LogP contribution in [0.4, 0.5) is 4.79 Å². The second kappa shape index (κ2) is 9.62. The molecule has 0 aliphatic carbocycles. The van der Waals surface area contributed by atoms with Crippen LogP contribution >= 0.6 is 0 Å². The van der Waals surface area contributed by atoms with Crippen molar-refractivity contribution >= 4 is 12.1 Å². The molecule has 1 aromatic rings. The number of pyridine rings is 1. The van der Waals surface area contributed by atoms with E-state index in [-0.39, 0.29) is 13.2 Å². The van der Waals surface area contributed by atoms with Crippen LogP contribution < -0.4 is 5.32 Å². The number of alkyl carbamates (subject to hydrolysis) is 1. The van der Waals surface area contributed by atoms with E-state index in [1.54, 1.807) is 18.2 Å². The zero-order valence-electron chi connectivity index (χ0n) is 12.0. The molecule has 0 radical (unpaired) electrons. The average Bonchev–Trinajstić information content (AvgIpc) is 2.55. The van der Waals surface area contributed by atoms with Gasteiger partial charge in [-0.05, 0) is 24.0 Å². The molecule has 1 heterocycles. The molecule has 0 saturated heterocycles. The molecule has 0 fully saturated rings. The smallest absolute Gasteiger partial charge is 0.407 e. The SMILES string of the molecule is C=CC(=O)OCC#Cc1cccc(C#CCOC(=O)NC)n1. The minimum absolute atomic E-state index is 0.0330. The number of hydrogen-bond acceptors (Lipinski definition) is 5. The Bertz CT molecular complexity index is 675. The molecule has 6 nitrogen and oxygen atoms in total. The van der Waals surface area contributed by atoms with E-state index < -0.39 is 12.1 Å². The van der Waals surface area contributed by atoms with Gasteiger partial charge in [0, 0.05) is 13.1 Å². The molecule has 0 aliphatic rings. The van der Waals surface area contributed by atoms with Gasteiger partial charge in [0.25, 0.3) is 0 Å². The summed E-state index contributed by atoms with van der Waals surface area (Å²) in [5, 5.41) is 2.31. The number of esters is 1. The summed E-state index contributed by atoms with van der Waals surface area (Å²) in [7, 11) is 1.46. The lowest BCUT2D eigenvalue weighted by Gasteiger charge is -1.96. The van der Waals surface area contributed by atoms with Crippen LogP contribution in [-0.4, -0.2) is 37.3 Å². The van der Waals surface area contributed by atoms with Gasteiger partial charge in [0.1, 0.15) is 11.4 Å². The third-order valence-electron chi connectivity index (χ3n) is 2.11. The summed E-state index contributed by atoms with van der Waals surface area (Å²) in [4.78, 5) is 25.8. The quantitative estimate of drug-likeness (QED) is 0.509.